The summed E-state index contributed by atoms with van der Waals surface area (Å²) in [6.45, 7) is 4.17. The lowest BCUT2D eigenvalue weighted by Crippen LogP contribution is -2.01. The molecule has 0 saturated heterocycles. The Labute approximate surface area is 149 Å². The molecule has 0 fully saturated rings. The maximum Gasteiger partial charge on any atom is 0.165 e. The summed E-state index contributed by atoms with van der Waals surface area (Å²) in [6, 6.07) is 16.1. The minimum Gasteiger partial charge on any atom is -0.382 e. The zero-order chi connectivity index (χ0) is 17.4. The predicted molar refractivity (Wildman–Crippen MR) is 102 cm³/mol. The Kier molecular flexibility index (Phi) is 3.82. The first-order valence-electron chi connectivity index (χ1n) is 7.93. The fraction of sp³-hybridized carbons (Fsp3) is 0.105. The van der Waals surface area contributed by atoms with Crippen LogP contribution in [-0.2, 0) is 0 Å². The molecule has 124 valence electrons. The zero-order valence-corrected chi connectivity index (χ0v) is 14.8. The molecule has 2 heterocycles. The molecule has 0 aliphatic carbocycles. The van der Waals surface area contributed by atoms with E-state index in [1.54, 1.807) is 4.68 Å². The summed E-state index contributed by atoms with van der Waals surface area (Å²) in [4.78, 5) is 4.74. The van der Waals surface area contributed by atoms with Crippen LogP contribution in [0.15, 0.2) is 53.9 Å². The summed E-state index contributed by atoms with van der Waals surface area (Å²) >= 11 is 1.53. The maximum atomic E-state index is 6.27. The third-order valence-corrected chi connectivity index (χ3v) is 4.93. The van der Waals surface area contributed by atoms with Crippen LogP contribution in [0.4, 0.5) is 5.82 Å². The molecule has 0 radical (unpaired) electrons. The lowest BCUT2D eigenvalue weighted by molar-refractivity contribution is 0.810. The number of aryl methyl sites for hydroxylation is 2. The van der Waals surface area contributed by atoms with Crippen LogP contribution in [0.25, 0.3) is 27.6 Å². The van der Waals surface area contributed by atoms with Gasteiger partial charge in [-0.15, -0.1) is 16.4 Å². The highest BCUT2D eigenvalue weighted by Crippen LogP contribution is 2.32. The molecule has 0 amide bonds. The third kappa shape index (κ3) is 2.81. The molecular formula is C19H17N5S. The van der Waals surface area contributed by atoms with Gasteiger partial charge in [-0.3, -0.25) is 0 Å². The molecule has 4 rings (SSSR count). The molecule has 2 aromatic carbocycles. The largest absolute Gasteiger partial charge is 0.382 e. The number of nitrogens with two attached hydrogens (primary N) is 1. The molecule has 0 saturated carbocycles. The average molecular weight is 347 g/mol. The maximum absolute atomic E-state index is 6.27. The Morgan fingerprint density at radius 1 is 1.04 bits per heavy atom. The van der Waals surface area contributed by atoms with E-state index < -0.39 is 0 Å². The van der Waals surface area contributed by atoms with E-state index in [4.69, 9.17) is 10.7 Å². The number of rotatable bonds is 3. The SMILES string of the molecule is Cc1ccc(C)c(-c2csc(-c3nnn(-c4ccccc4)c3N)n2)c1. The van der Waals surface area contributed by atoms with Crippen LogP contribution in [-0.4, -0.2) is 20.0 Å². The molecule has 25 heavy (non-hydrogen) atoms. The van der Waals surface area contributed by atoms with Crippen molar-refractivity contribution in [3.05, 3.63) is 65.0 Å². The zero-order valence-electron chi connectivity index (χ0n) is 14.0. The lowest BCUT2D eigenvalue weighted by Gasteiger charge is -2.03. The van der Waals surface area contributed by atoms with Crippen molar-refractivity contribution in [2.75, 3.05) is 5.73 Å². The van der Waals surface area contributed by atoms with Gasteiger partial charge in [0.1, 0.15) is 5.01 Å². The number of hydrogen-bond donors (Lipinski definition) is 1. The van der Waals surface area contributed by atoms with Crippen molar-refractivity contribution in [2.45, 2.75) is 13.8 Å². The Morgan fingerprint density at radius 2 is 1.84 bits per heavy atom. The first-order chi connectivity index (χ1) is 12.1. The highest BCUT2D eigenvalue weighted by atomic mass is 32.1. The first-order valence-corrected chi connectivity index (χ1v) is 8.81. The van der Waals surface area contributed by atoms with Crippen LogP contribution < -0.4 is 5.73 Å². The number of aromatic nitrogens is 4. The number of anilines is 1. The van der Waals surface area contributed by atoms with Crippen molar-refractivity contribution >= 4 is 17.2 Å². The number of para-hydroxylation sites is 1. The molecule has 0 aliphatic rings. The summed E-state index contributed by atoms with van der Waals surface area (Å²) in [5, 5.41) is 11.2. The fourth-order valence-corrected chi connectivity index (χ4v) is 3.53. The molecule has 0 atom stereocenters. The summed E-state index contributed by atoms with van der Waals surface area (Å²) < 4.78 is 1.63. The monoisotopic (exact) mass is 347 g/mol. The smallest absolute Gasteiger partial charge is 0.165 e. The van der Waals surface area contributed by atoms with Gasteiger partial charge in [-0.2, -0.15) is 4.68 Å². The molecule has 0 unspecified atom stereocenters. The van der Waals surface area contributed by atoms with Gasteiger partial charge in [-0.1, -0.05) is 41.1 Å². The van der Waals surface area contributed by atoms with E-state index in [1.807, 2.05) is 35.7 Å². The predicted octanol–water partition coefficient (Wildman–Crippen LogP) is 4.26. The van der Waals surface area contributed by atoms with E-state index in [9.17, 15) is 0 Å². The van der Waals surface area contributed by atoms with Gasteiger partial charge in [0.15, 0.2) is 11.5 Å². The second-order valence-electron chi connectivity index (χ2n) is 5.93. The summed E-state index contributed by atoms with van der Waals surface area (Å²) in [5.41, 5.74) is 12.3. The molecule has 0 aliphatic heterocycles. The van der Waals surface area contributed by atoms with Crippen LogP contribution in [0.1, 0.15) is 11.1 Å². The quantitative estimate of drug-likeness (QED) is 0.601. The highest BCUT2D eigenvalue weighted by Gasteiger charge is 2.17. The number of hydrogen-bond acceptors (Lipinski definition) is 5. The fourth-order valence-electron chi connectivity index (χ4n) is 2.72. The first kappa shape index (κ1) is 15.5. The molecule has 0 spiro atoms. The standard InChI is InChI=1S/C19H17N5S/c1-12-8-9-13(2)15(10-12)16-11-25-19(21-16)17-18(20)24(23-22-17)14-6-4-3-5-7-14/h3-11H,20H2,1-2H3. The van der Waals surface area contributed by atoms with Crippen LogP contribution in [0.3, 0.4) is 0 Å². The normalized spacial score (nSPS) is 11.0. The van der Waals surface area contributed by atoms with E-state index >= 15 is 0 Å². The molecule has 0 bridgehead atoms. The topological polar surface area (TPSA) is 69.6 Å². The average Bonchev–Trinajstić information content (AvgIpc) is 3.24. The van der Waals surface area contributed by atoms with Gasteiger partial charge in [-0.25, -0.2) is 4.98 Å². The summed E-state index contributed by atoms with van der Waals surface area (Å²) in [6.07, 6.45) is 0. The second kappa shape index (κ2) is 6.14. The van der Waals surface area contributed by atoms with Crippen molar-refractivity contribution in [1.82, 2.24) is 20.0 Å². The molecule has 2 N–H and O–H groups in total. The van der Waals surface area contributed by atoms with E-state index in [0.29, 0.717) is 11.5 Å². The Morgan fingerprint density at radius 3 is 2.64 bits per heavy atom. The number of nitrogens with zero attached hydrogens (tertiary/aromatic N) is 4. The Bertz CT molecular complexity index is 1030. The minimum absolute atomic E-state index is 0.494. The van der Waals surface area contributed by atoms with E-state index in [-0.39, 0.29) is 0 Å². The van der Waals surface area contributed by atoms with Gasteiger partial charge in [0, 0.05) is 10.9 Å². The summed E-state index contributed by atoms with van der Waals surface area (Å²) in [5.74, 6) is 0.494. The molecule has 6 heteroatoms. The van der Waals surface area contributed by atoms with Gasteiger partial charge in [0.2, 0.25) is 0 Å². The number of nitrogen functional groups attached to an aromatic ring is 1. The van der Waals surface area contributed by atoms with Crippen molar-refractivity contribution in [2.24, 2.45) is 0 Å². The minimum atomic E-state index is 0.494. The van der Waals surface area contributed by atoms with Crippen LogP contribution >= 0.6 is 11.3 Å². The Hall–Kier alpha value is -2.99. The highest BCUT2D eigenvalue weighted by molar-refractivity contribution is 7.13. The van der Waals surface area contributed by atoms with Gasteiger partial charge < -0.3 is 5.73 Å². The molecule has 5 nitrogen and oxygen atoms in total. The van der Waals surface area contributed by atoms with E-state index in [0.717, 1.165) is 22.0 Å². The molecular weight excluding hydrogens is 330 g/mol. The molecule has 4 aromatic rings. The van der Waals surface area contributed by atoms with E-state index in [2.05, 4.69) is 42.4 Å². The van der Waals surface area contributed by atoms with Crippen molar-refractivity contribution in [1.29, 1.82) is 0 Å². The molecule has 2 aromatic heterocycles. The van der Waals surface area contributed by atoms with Gasteiger partial charge in [0.05, 0.1) is 11.4 Å². The van der Waals surface area contributed by atoms with Crippen molar-refractivity contribution in [3.8, 4) is 27.6 Å². The van der Waals surface area contributed by atoms with E-state index in [1.165, 1.54) is 22.5 Å². The summed E-state index contributed by atoms with van der Waals surface area (Å²) in [7, 11) is 0. The number of benzene rings is 2. The second-order valence-corrected chi connectivity index (χ2v) is 6.79. The van der Waals surface area contributed by atoms with Crippen LogP contribution in [0.2, 0.25) is 0 Å². The third-order valence-electron chi connectivity index (χ3n) is 4.08. The van der Waals surface area contributed by atoms with Crippen LogP contribution in [0, 0.1) is 13.8 Å². The lowest BCUT2D eigenvalue weighted by atomic mass is 10.0. The van der Waals surface area contributed by atoms with Gasteiger partial charge in [0.25, 0.3) is 0 Å². The van der Waals surface area contributed by atoms with Crippen molar-refractivity contribution in [3.63, 3.8) is 0 Å². The Balaban J connectivity index is 1.74. The van der Waals surface area contributed by atoms with Gasteiger partial charge in [-0.05, 0) is 37.6 Å². The van der Waals surface area contributed by atoms with Gasteiger partial charge >= 0.3 is 0 Å². The van der Waals surface area contributed by atoms with Crippen LogP contribution in [0.5, 0.6) is 0 Å². The van der Waals surface area contributed by atoms with Crippen molar-refractivity contribution < 1.29 is 0 Å². The number of thiazole rings is 1.